The smallest absolute Gasteiger partial charge is 0.416 e. The Morgan fingerprint density at radius 3 is 2.65 bits per heavy atom. The monoisotopic (exact) mass is 508 g/mol. The highest BCUT2D eigenvalue weighted by atomic mass is 16.6. The van der Waals surface area contributed by atoms with Crippen LogP contribution in [0.5, 0.6) is 0 Å². The van der Waals surface area contributed by atoms with Gasteiger partial charge in [0, 0.05) is 24.8 Å². The predicted molar refractivity (Wildman–Crippen MR) is 144 cm³/mol. The quantitative estimate of drug-likeness (QED) is 0.533. The van der Waals surface area contributed by atoms with Crippen molar-refractivity contribution < 1.29 is 19.1 Å². The molecule has 0 bridgehead atoms. The van der Waals surface area contributed by atoms with Crippen LogP contribution in [0.4, 0.5) is 10.6 Å². The molecule has 37 heavy (non-hydrogen) atoms. The number of methoxy groups -OCH3 is 1. The number of ether oxygens (including phenoxy) is 2. The first-order valence-electron chi connectivity index (χ1n) is 13.3. The van der Waals surface area contributed by atoms with Crippen molar-refractivity contribution >= 4 is 17.9 Å². The molecule has 8 nitrogen and oxygen atoms in total. The first-order chi connectivity index (χ1) is 17.7. The van der Waals surface area contributed by atoms with Gasteiger partial charge in [0.15, 0.2) is 0 Å². The second kappa shape index (κ2) is 12.0. The summed E-state index contributed by atoms with van der Waals surface area (Å²) in [5.74, 6) is 0.488. The van der Waals surface area contributed by atoms with Crippen LogP contribution in [0.15, 0.2) is 42.5 Å². The van der Waals surface area contributed by atoms with Crippen molar-refractivity contribution in [2.24, 2.45) is 0 Å². The molecule has 4 rings (SSSR count). The number of aromatic nitrogens is 1. The molecule has 1 aromatic carbocycles. The summed E-state index contributed by atoms with van der Waals surface area (Å²) in [5, 5.41) is 3.51. The average molecular weight is 509 g/mol. The Balaban J connectivity index is 1.30. The van der Waals surface area contributed by atoms with Gasteiger partial charge in [0.1, 0.15) is 17.5 Å². The van der Waals surface area contributed by atoms with Gasteiger partial charge < -0.3 is 14.4 Å². The number of rotatable bonds is 8. The molecule has 200 valence electrons. The van der Waals surface area contributed by atoms with Crippen LogP contribution < -0.4 is 10.2 Å². The molecule has 1 saturated heterocycles. The van der Waals surface area contributed by atoms with E-state index in [1.807, 2.05) is 51.1 Å². The van der Waals surface area contributed by atoms with E-state index in [4.69, 9.17) is 14.5 Å². The van der Waals surface area contributed by atoms with Crippen LogP contribution in [0.25, 0.3) is 0 Å². The van der Waals surface area contributed by atoms with Crippen LogP contribution in [-0.4, -0.2) is 66.9 Å². The maximum atomic E-state index is 12.8. The summed E-state index contributed by atoms with van der Waals surface area (Å²) in [6, 6.07) is 13.7. The second-order valence-electron chi connectivity index (χ2n) is 10.9. The number of likely N-dealkylation sites (tertiary alicyclic amines) is 1. The van der Waals surface area contributed by atoms with E-state index in [9.17, 15) is 9.59 Å². The van der Waals surface area contributed by atoms with E-state index in [1.54, 1.807) is 4.90 Å². The van der Waals surface area contributed by atoms with Crippen LogP contribution in [0.3, 0.4) is 0 Å². The molecule has 0 aliphatic carbocycles. The number of nitrogens with one attached hydrogen (secondary N) is 1. The number of aryl methyl sites for hydroxylation is 2. The molecule has 0 spiro atoms. The van der Waals surface area contributed by atoms with Crippen molar-refractivity contribution in [2.75, 3.05) is 38.2 Å². The first-order valence-corrected chi connectivity index (χ1v) is 13.3. The van der Waals surface area contributed by atoms with Gasteiger partial charge in [0.05, 0.1) is 7.11 Å². The maximum Gasteiger partial charge on any atom is 0.416 e. The SMILES string of the molecule is COC(=O)[C@H](NC1CCN(CCCc2ccc3c(n2)N(C(=O)OC(C)(C)C)CCC3)C1)c1ccccc1. The molecule has 1 fully saturated rings. The molecule has 2 aliphatic heterocycles. The number of esters is 1. The zero-order valence-corrected chi connectivity index (χ0v) is 22.5. The van der Waals surface area contributed by atoms with E-state index in [0.29, 0.717) is 6.54 Å². The molecule has 8 heteroatoms. The van der Waals surface area contributed by atoms with E-state index < -0.39 is 11.6 Å². The van der Waals surface area contributed by atoms with Gasteiger partial charge in [-0.25, -0.2) is 14.6 Å². The Morgan fingerprint density at radius 1 is 1.14 bits per heavy atom. The Labute approximate surface area is 220 Å². The molecular weight excluding hydrogens is 468 g/mol. The minimum atomic E-state index is -0.535. The summed E-state index contributed by atoms with van der Waals surface area (Å²) >= 11 is 0. The molecular formula is C29H40N4O4. The number of hydrogen-bond acceptors (Lipinski definition) is 7. The number of fused-ring (bicyclic) bond motifs is 1. The van der Waals surface area contributed by atoms with Crippen LogP contribution in [0.2, 0.25) is 0 Å². The van der Waals surface area contributed by atoms with Crippen molar-refractivity contribution in [1.82, 2.24) is 15.2 Å². The van der Waals surface area contributed by atoms with Gasteiger partial charge in [-0.05, 0) is 83.2 Å². The standard InChI is InChI=1S/C29H40N4O4/c1-29(2,3)37-28(35)33-18-8-12-22-14-15-23(31-26(22)33)13-9-17-32-19-16-24(20-32)30-25(27(34)36-4)21-10-6-5-7-11-21/h5-7,10-11,14-15,24-25,30H,8-9,12-13,16-20H2,1-4H3/t24?,25-/m1/s1. The molecule has 1 N–H and O–H groups in total. The highest BCUT2D eigenvalue weighted by Gasteiger charge is 2.30. The molecule has 2 atom stereocenters. The molecule has 1 unspecified atom stereocenters. The summed E-state index contributed by atoms with van der Waals surface area (Å²) in [6.07, 6.45) is 4.33. The fraction of sp³-hybridized carbons (Fsp3) is 0.552. The Bertz CT molecular complexity index is 1070. The summed E-state index contributed by atoms with van der Waals surface area (Å²) in [4.78, 5) is 34.2. The fourth-order valence-electron chi connectivity index (χ4n) is 5.07. The van der Waals surface area contributed by atoms with Gasteiger partial charge in [-0.1, -0.05) is 36.4 Å². The number of hydrogen-bond donors (Lipinski definition) is 1. The molecule has 2 aliphatic rings. The number of pyridine rings is 1. The van der Waals surface area contributed by atoms with E-state index in [1.165, 1.54) is 7.11 Å². The zero-order valence-electron chi connectivity index (χ0n) is 22.5. The number of amides is 1. The number of carbonyl (C=O) groups excluding carboxylic acids is 2. The largest absolute Gasteiger partial charge is 0.468 e. The van der Waals surface area contributed by atoms with Crippen LogP contribution in [0, 0.1) is 0 Å². The van der Waals surface area contributed by atoms with E-state index in [-0.39, 0.29) is 18.1 Å². The Hall–Kier alpha value is -2.97. The van der Waals surface area contributed by atoms with Crippen LogP contribution >= 0.6 is 0 Å². The predicted octanol–water partition coefficient (Wildman–Crippen LogP) is 4.28. The van der Waals surface area contributed by atoms with Crippen molar-refractivity contribution in [3.8, 4) is 0 Å². The van der Waals surface area contributed by atoms with Crippen LogP contribution in [-0.2, 0) is 27.1 Å². The summed E-state index contributed by atoms with van der Waals surface area (Å²) in [6.45, 7) is 9.13. The number of benzene rings is 1. The Morgan fingerprint density at radius 2 is 1.92 bits per heavy atom. The third-order valence-electron chi connectivity index (χ3n) is 6.86. The van der Waals surface area contributed by atoms with Gasteiger partial charge in [0.2, 0.25) is 0 Å². The first kappa shape index (κ1) is 27.1. The topological polar surface area (TPSA) is 84.0 Å². The molecule has 1 amide bonds. The zero-order chi connectivity index (χ0) is 26.4. The average Bonchev–Trinajstić information content (AvgIpc) is 3.33. The van der Waals surface area contributed by atoms with Gasteiger partial charge in [-0.3, -0.25) is 10.2 Å². The lowest BCUT2D eigenvalue weighted by molar-refractivity contribution is -0.143. The lowest BCUT2D eigenvalue weighted by Gasteiger charge is -2.31. The molecule has 2 aromatic rings. The second-order valence-corrected chi connectivity index (χ2v) is 10.9. The third-order valence-corrected chi connectivity index (χ3v) is 6.86. The van der Waals surface area contributed by atoms with Crippen molar-refractivity contribution in [3.05, 3.63) is 59.3 Å². The molecule has 1 aromatic heterocycles. The fourth-order valence-corrected chi connectivity index (χ4v) is 5.07. The van der Waals surface area contributed by atoms with E-state index in [0.717, 1.165) is 74.4 Å². The van der Waals surface area contributed by atoms with Crippen molar-refractivity contribution in [3.63, 3.8) is 0 Å². The Kier molecular flexibility index (Phi) is 8.82. The minimum absolute atomic E-state index is 0.230. The van der Waals surface area contributed by atoms with E-state index in [2.05, 4.69) is 22.3 Å². The van der Waals surface area contributed by atoms with Gasteiger partial charge in [-0.2, -0.15) is 0 Å². The summed E-state index contributed by atoms with van der Waals surface area (Å²) in [7, 11) is 1.43. The van der Waals surface area contributed by atoms with Gasteiger partial charge in [0.25, 0.3) is 0 Å². The van der Waals surface area contributed by atoms with Crippen molar-refractivity contribution in [2.45, 2.75) is 70.6 Å². The number of carbonyl (C=O) groups is 2. The van der Waals surface area contributed by atoms with Gasteiger partial charge in [-0.15, -0.1) is 0 Å². The van der Waals surface area contributed by atoms with Gasteiger partial charge >= 0.3 is 12.1 Å². The third kappa shape index (κ3) is 7.29. The lowest BCUT2D eigenvalue weighted by Crippen LogP contribution is -2.40. The normalized spacial score (nSPS) is 18.8. The lowest BCUT2D eigenvalue weighted by atomic mass is 10.0. The highest BCUT2D eigenvalue weighted by molar-refractivity contribution is 5.88. The maximum absolute atomic E-state index is 12.8. The number of nitrogens with zero attached hydrogens (tertiary/aromatic N) is 3. The van der Waals surface area contributed by atoms with E-state index >= 15 is 0 Å². The van der Waals surface area contributed by atoms with Crippen molar-refractivity contribution in [1.29, 1.82) is 0 Å². The molecule has 3 heterocycles. The minimum Gasteiger partial charge on any atom is -0.468 e. The number of anilines is 1. The molecule has 0 saturated carbocycles. The van der Waals surface area contributed by atoms with Crippen LogP contribution in [0.1, 0.15) is 62.9 Å². The molecule has 0 radical (unpaired) electrons. The highest BCUT2D eigenvalue weighted by Crippen LogP contribution is 2.27. The summed E-state index contributed by atoms with van der Waals surface area (Å²) < 4.78 is 10.7. The summed E-state index contributed by atoms with van der Waals surface area (Å²) in [5.41, 5.74) is 2.49.